The van der Waals surface area contributed by atoms with E-state index in [2.05, 4.69) is 15.6 Å². The van der Waals surface area contributed by atoms with Crippen molar-refractivity contribution in [2.45, 2.75) is 13.2 Å². The van der Waals surface area contributed by atoms with Crippen LogP contribution in [0.5, 0.6) is 5.75 Å². The Labute approximate surface area is 129 Å². The Balaban J connectivity index is 1.86. The standard InChI is InChI=1S/C14H19ClN4O2/c1-19-9-12(17-18-19)10-21-14-4-3-11(7-13(14)15)8-16-5-6-20-2/h3-4,7,9,16H,5-6,8,10H2,1-2H3. The fourth-order valence-corrected chi connectivity index (χ4v) is 2.05. The highest BCUT2D eigenvalue weighted by Crippen LogP contribution is 2.26. The van der Waals surface area contributed by atoms with Crippen molar-refractivity contribution in [2.24, 2.45) is 7.05 Å². The lowest BCUT2D eigenvalue weighted by atomic mass is 10.2. The minimum Gasteiger partial charge on any atom is -0.486 e. The van der Waals surface area contributed by atoms with Crippen molar-refractivity contribution in [1.29, 1.82) is 0 Å². The van der Waals surface area contributed by atoms with Crippen LogP contribution in [0.2, 0.25) is 5.02 Å². The molecule has 0 aliphatic rings. The van der Waals surface area contributed by atoms with Crippen molar-refractivity contribution in [2.75, 3.05) is 20.3 Å². The maximum absolute atomic E-state index is 6.22. The molecule has 1 aromatic heterocycles. The molecule has 2 aromatic rings. The van der Waals surface area contributed by atoms with E-state index in [1.165, 1.54) is 0 Å². The first-order valence-electron chi connectivity index (χ1n) is 6.65. The van der Waals surface area contributed by atoms with Crippen LogP contribution >= 0.6 is 11.6 Å². The molecule has 1 heterocycles. The van der Waals surface area contributed by atoms with Gasteiger partial charge < -0.3 is 14.8 Å². The molecular formula is C14H19ClN4O2. The van der Waals surface area contributed by atoms with E-state index >= 15 is 0 Å². The maximum Gasteiger partial charge on any atom is 0.138 e. The molecule has 2 rings (SSSR count). The van der Waals surface area contributed by atoms with E-state index in [-0.39, 0.29) is 0 Å². The predicted molar refractivity (Wildman–Crippen MR) is 80.4 cm³/mol. The van der Waals surface area contributed by atoms with Crippen LogP contribution < -0.4 is 10.1 Å². The van der Waals surface area contributed by atoms with E-state index in [4.69, 9.17) is 21.1 Å². The monoisotopic (exact) mass is 310 g/mol. The van der Waals surface area contributed by atoms with Gasteiger partial charge in [0.25, 0.3) is 0 Å². The van der Waals surface area contributed by atoms with Crippen LogP contribution in [-0.2, 0) is 24.9 Å². The number of hydrogen-bond acceptors (Lipinski definition) is 5. The minimum absolute atomic E-state index is 0.346. The molecule has 21 heavy (non-hydrogen) atoms. The molecule has 6 nitrogen and oxygen atoms in total. The summed E-state index contributed by atoms with van der Waals surface area (Å²) in [6, 6.07) is 5.75. The summed E-state index contributed by atoms with van der Waals surface area (Å²) in [5.41, 5.74) is 1.86. The third kappa shape index (κ3) is 5.00. The molecule has 0 amide bonds. The summed E-state index contributed by atoms with van der Waals surface area (Å²) in [5.74, 6) is 0.642. The number of nitrogens with zero attached hydrogens (tertiary/aromatic N) is 3. The molecule has 114 valence electrons. The zero-order chi connectivity index (χ0) is 15.1. The Morgan fingerprint density at radius 1 is 1.38 bits per heavy atom. The van der Waals surface area contributed by atoms with Crippen molar-refractivity contribution in [3.05, 3.63) is 40.7 Å². The van der Waals surface area contributed by atoms with Crippen LogP contribution in [-0.4, -0.2) is 35.3 Å². The fourth-order valence-electron chi connectivity index (χ4n) is 1.79. The lowest BCUT2D eigenvalue weighted by Gasteiger charge is -2.09. The number of ether oxygens (including phenoxy) is 2. The van der Waals surface area contributed by atoms with E-state index in [9.17, 15) is 0 Å². The molecule has 0 bridgehead atoms. The van der Waals surface area contributed by atoms with E-state index in [0.29, 0.717) is 24.0 Å². The Bertz CT molecular complexity index is 574. The second kappa shape index (κ2) is 7.97. The number of hydrogen-bond donors (Lipinski definition) is 1. The molecule has 0 spiro atoms. The van der Waals surface area contributed by atoms with Gasteiger partial charge in [0.15, 0.2) is 0 Å². The van der Waals surface area contributed by atoms with Gasteiger partial charge in [-0.05, 0) is 17.7 Å². The Morgan fingerprint density at radius 2 is 2.24 bits per heavy atom. The van der Waals surface area contributed by atoms with Gasteiger partial charge in [0, 0.05) is 27.2 Å². The first kappa shape index (κ1) is 15.8. The third-order valence-electron chi connectivity index (χ3n) is 2.83. The fraction of sp³-hybridized carbons (Fsp3) is 0.429. The zero-order valence-corrected chi connectivity index (χ0v) is 12.9. The van der Waals surface area contributed by atoms with E-state index in [0.717, 1.165) is 24.3 Å². The predicted octanol–water partition coefficient (Wildman–Crippen LogP) is 1.78. The van der Waals surface area contributed by atoms with Gasteiger partial charge in [0.1, 0.15) is 18.1 Å². The molecule has 0 saturated heterocycles. The minimum atomic E-state index is 0.346. The SMILES string of the molecule is COCCNCc1ccc(OCc2cn(C)nn2)c(Cl)c1. The highest BCUT2D eigenvalue weighted by Gasteiger charge is 2.05. The Kier molecular flexibility index (Phi) is 5.98. The van der Waals surface area contributed by atoms with Gasteiger partial charge >= 0.3 is 0 Å². The number of aryl methyl sites for hydroxylation is 1. The van der Waals surface area contributed by atoms with Crippen LogP contribution in [0.25, 0.3) is 0 Å². The largest absolute Gasteiger partial charge is 0.486 e. The zero-order valence-electron chi connectivity index (χ0n) is 12.2. The first-order valence-corrected chi connectivity index (χ1v) is 7.03. The topological polar surface area (TPSA) is 61.2 Å². The van der Waals surface area contributed by atoms with E-state index < -0.39 is 0 Å². The number of rotatable bonds is 8. The summed E-state index contributed by atoms with van der Waals surface area (Å²) in [5, 5.41) is 11.7. The van der Waals surface area contributed by atoms with Gasteiger partial charge in [-0.2, -0.15) is 0 Å². The number of aromatic nitrogens is 3. The molecule has 7 heteroatoms. The smallest absolute Gasteiger partial charge is 0.138 e. The van der Waals surface area contributed by atoms with Crippen LogP contribution in [0, 0.1) is 0 Å². The van der Waals surface area contributed by atoms with Gasteiger partial charge in [-0.1, -0.05) is 22.9 Å². The highest BCUT2D eigenvalue weighted by molar-refractivity contribution is 6.32. The quantitative estimate of drug-likeness (QED) is 0.753. The molecular weight excluding hydrogens is 292 g/mol. The Morgan fingerprint density at radius 3 is 2.90 bits per heavy atom. The molecule has 1 N–H and O–H groups in total. The normalized spacial score (nSPS) is 10.8. The summed E-state index contributed by atoms with van der Waals surface area (Å²) in [7, 11) is 3.50. The number of nitrogens with one attached hydrogen (secondary N) is 1. The van der Waals surface area contributed by atoms with Crippen LogP contribution in [0.3, 0.4) is 0 Å². The van der Waals surface area contributed by atoms with Crippen LogP contribution in [0.1, 0.15) is 11.3 Å². The van der Waals surface area contributed by atoms with Crippen molar-refractivity contribution in [1.82, 2.24) is 20.3 Å². The number of halogens is 1. The molecule has 0 radical (unpaired) electrons. The summed E-state index contributed by atoms with van der Waals surface area (Å²) in [6.45, 7) is 2.58. The molecule has 0 unspecified atom stereocenters. The molecule has 0 aliphatic carbocycles. The summed E-state index contributed by atoms with van der Waals surface area (Å²) in [6.07, 6.45) is 1.81. The van der Waals surface area contributed by atoms with E-state index in [1.54, 1.807) is 11.8 Å². The molecule has 1 aromatic carbocycles. The van der Waals surface area contributed by atoms with Crippen molar-refractivity contribution in [3.8, 4) is 5.75 Å². The average molecular weight is 311 g/mol. The van der Waals surface area contributed by atoms with Gasteiger partial charge in [-0.25, -0.2) is 0 Å². The lowest BCUT2D eigenvalue weighted by Crippen LogP contribution is -2.18. The van der Waals surface area contributed by atoms with Gasteiger partial charge in [-0.3, -0.25) is 4.68 Å². The van der Waals surface area contributed by atoms with Gasteiger partial charge in [-0.15, -0.1) is 5.10 Å². The van der Waals surface area contributed by atoms with Crippen LogP contribution in [0.15, 0.2) is 24.4 Å². The lowest BCUT2D eigenvalue weighted by molar-refractivity contribution is 0.199. The second-order valence-electron chi connectivity index (χ2n) is 4.61. The molecule has 0 atom stereocenters. The van der Waals surface area contributed by atoms with Crippen molar-refractivity contribution < 1.29 is 9.47 Å². The summed E-state index contributed by atoms with van der Waals surface area (Å²) in [4.78, 5) is 0. The molecule has 0 fully saturated rings. The van der Waals surface area contributed by atoms with Crippen molar-refractivity contribution >= 4 is 11.6 Å². The van der Waals surface area contributed by atoms with Crippen molar-refractivity contribution in [3.63, 3.8) is 0 Å². The summed E-state index contributed by atoms with van der Waals surface area (Å²) >= 11 is 6.22. The third-order valence-corrected chi connectivity index (χ3v) is 3.13. The Hall–Kier alpha value is -1.63. The molecule has 0 aliphatic heterocycles. The number of benzene rings is 1. The van der Waals surface area contributed by atoms with Gasteiger partial charge in [0.2, 0.25) is 0 Å². The second-order valence-corrected chi connectivity index (χ2v) is 5.01. The highest BCUT2D eigenvalue weighted by atomic mass is 35.5. The molecule has 0 saturated carbocycles. The van der Waals surface area contributed by atoms with Crippen LogP contribution in [0.4, 0.5) is 0 Å². The number of methoxy groups -OCH3 is 1. The first-order chi connectivity index (χ1) is 10.2. The van der Waals surface area contributed by atoms with Gasteiger partial charge in [0.05, 0.1) is 17.8 Å². The summed E-state index contributed by atoms with van der Waals surface area (Å²) < 4.78 is 12.3. The average Bonchev–Trinajstić information content (AvgIpc) is 2.88. The maximum atomic E-state index is 6.22. The van der Waals surface area contributed by atoms with E-state index in [1.807, 2.05) is 31.4 Å².